The fourth-order valence-electron chi connectivity index (χ4n) is 2.16. The molecule has 1 atom stereocenters. The van der Waals surface area contributed by atoms with E-state index < -0.39 is 0 Å². The summed E-state index contributed by atoms with van der Waals surface area (Å²) in [4.78, 5) is 4.55. The van der Waals surface area contributed by atoms with Crippen molar-refractivity contribution in [1.29, 1.82) is 0 Å². The first kappa shape index (κ1) is 14.6. The summed E-state index contributed by atoms with van der Waals surface area (Å²) in [6.07, 6.45) is 7.60. The average molecular weight is 369 g/mol. The Morgan fingerprint density at radius 1 is 1.33 bits per heavy atom. The van der Waals surface area contributed by atoms with Crippen LogP contribution in [-0.2, 0) is 13.1 Å². The van der Waals surface area contributed by atoms with Crippen molar-refractivity contribution >= 4 is 33.2 Å². The van der Waals surface area contributed by atoms with Crippen molar-refractivity contribution in [1.82, 2.24) is 24.5 Å². The molecule has 1 unspecified atom stereocenters. The number of hydrogen-bond acceptors (Lipinski definition) is 3. The van der Waals surface area contributed by atoms with E-state index in [9.17, 15) is 0 Å². The third kappa shape index (κ3) is 3.64. The number of aromatic nitrogens is 4. The topological polar surface area (TPSA) is 47.2 Å². The number of rotatable bonds is 5. The van der Waals surface area contributed by atoms with Gasteiger partial charge in [-0.15, -0.1) is 0 Å². The van der Waals surface area contributed by atoms with Crippen LogP contribution in [0.4, 0.5) is 0 Å². The molecule has 0 fully saturated rings. The van der Waals surface area contributed by atoms with Gasteiger partial charge in [-0.25, -0.2) is 4.98 Å². The van der Waals surface area contributed by atoms with E-state index in [0.29, 0.717) is 17.6 Å². The molecule has 110 valence electrons. The lowest BCUT2D eigenvalue weighted by Crippen LogP contribution is -2.30. The van der Waals surface area contributed by atoms with Crippen molar-refractivity contribution in [2.45, 2.75) is 26.1 Å². The first-order chi connectivity index (χ1) is 10.1. The summed E-state index contributed by atoms with van der Waals surface area (Å²) >= 11 is 9.37. The van der Waals surface area contributed by atoms with Crippen LogP contribution >= 0.6 is 27.5 Å². The number of imidazole rings is 1. The minimum atomic E-state index is 0.296. The van der Waals surface area contributed by atoms with E-state index in [2.05, 4.69) is 38.3 Å². The van der Waals surface area contributed by atoms with Gasteiger partial charge in [-0.2, -0.15) is 5.10 Å². The van der Waals surface area contributed by atoms with Gasteiger partial charge >= 0.3 is 0 Å². The van der Waals surface area contributed by atoms with Crippen LogP contribution in [0.2, 0.25) is 5.02 Å². The standard InChI is InChI=1S/C14H15BrClN5/c1-10(6-21-7-11(15)4-18-21)17-5-13-9-20-8-12(16)2-3-14(20)19-13/h2-4,7-10,17H,5-6H2,1H3. The van der Waals surface area contributed by atoms with Gasteiger partial charge < -0.3 is 9.72 Å². The second-order valence-electron chi connectivity index (χ2n) is 5.01. The summed E-state index contributed by atoms with van der Waals surface area (Å²) in [5.74, 6) is 0. The molecule has 0 spiro atoms. The molecule has 3 rings (SSSR count). The number of nitrogens with zero attached hydrogens (tertiary/aromatic N) is 4. The highest BCUT2D eigenvalue weighted by atomic mass is 79.9. The Morgan fingerprint density at radius 2 is 2.19 bits per heavy atom. The lowest BCUT2D eigenvalue weighted by molar-refractivity contribution is 0.449. The number of fused-ring (bicyclic) bond motifs is 1. The Labute approximate surface area is 136 Å². The Morgan fingerprint density at radius 3 is 2.95 bits per heavy atom. The van der Waals surface area contributed by atoms with Gasteiger partial charge in [0, 0.05) is 31.2 Å². The first-order valence-corrected chi connectivity index (χ1v) is 7.82. The van der Waals surface area contributed by atoms with Gasteiger partial charge in [0.2, 0.25) is 0 Å². The molecule has 21 heavy (non-hydrogen) atoms. The highest BCUT2D eigenvalue weighted by Gasteiger charge is 2.06. The third-order valence-corrected chi connectivity index (χ3v) is 3.79. The molecule has 0 aromatic carbocycles. The van der Waals surface area contributed by atoms with Gasteiger partial charge in [-0.3, -0.25) is 4.68 Å². The number of pyridine rings is 1. The number of nitrogens with one attached hydrogen (secondary N) is 1. The van der Waals surface area contributed by atoms with E-state index in [1.807, 2.05) is 39.8 Å². The van der Waals surface area contributed by atoms with Gasteiger partial charge in [0.15, 0.2) is 0 Å². The van der Waals surface area contributed by atoms with Gasteiger partial charge in [-0.05, 0) is 35.0 Å². The Hall–Kier alpha value is -1.37. The van der Waals surface area contributed by atoms with Crippen LogP contribution in [-0.4, -0.2) is 25.2 Å². The third-order valence-electron chi connectivity index (χ3n) is 3.16. The van der Waals surface area contributed by atoms with E-state index in [1.165, 1.54) is 0 Å². The van der Waals surface area contributed by atoms with E-state index in [1.54, 1.807) is 6.20 Å². The Balaban J connectivity index is 1.60. The molecule has 0 saturated carbocycles. The summed E-state index contributed by atoms with van der Waals surface area (Å²) in [7, 11) is 0. The van der Waals surface area contributed by atoms with E-state index in [-0.39, 0.29) is 0 Å². The molecule has 0 radical (unpaired) electrons. The molecule has 0 saturated heterocycles. The zero-order valence-corrected chi connectivity index (χ0v) is 13.8. The molecular formula is C14H15BrClN5. The molecule has 1 N–H and O–H groups in total. The van der Waals surface area contributed by atoms with Crippen LogP contribution < -0.4 is 5.32 Å². The number of halogens is 2. The van der Waals surface area contributed by atoms with Crippen LogP contribution in [0.15, 0.2) is 41.4 Å². The molecule has 0 aliphatic rings. The first-order valence-electron chi connectivity index (χ1n) is 6.64. The fraction of sp³-hybridized carbons (Fsp3) is 0.286. The van der Waals surface area contributed by atoms with Crippen LogP contribution in [0.5, 0.6) is 0 Å². The summed E-state index contributed by atoms with van der Waals surface area (Å²) < 4.78 is 4.84. The monoisotopic (exact) mass is 367 g/mol. The fourth-order valence-corrected chi connectivity index (χ4v) is 2.66. The Bertz CT molecular complexity index is 751. The van der Waals surface area contributed by atoms with Gasteiger partial charge in [0.25, 0.3) is 0 Å². The Kier molecular flexibility index (Phi) is 4.28. The minimum absolute atomic E-state index is 0.296. The normalized spacial score (nSPS) is 12.9. The zero-order chi connectivity index (χ0) is 14.8. The molecule has 3 aromatic rings. The zero-order valence-electron chi connectivity index (χ0n) is 11.5. The van der Waals surface area contributed by atoms with Crippen LogP contribution in [0.25, 0.3) is 5.65 Å². The maximum absolute atomic E-state index is 5.97. The van der Waals surface area contributed by atoms with Crippen molar-refractivity contribution in [3.05, 3.63) is 52.1 Å². The molecule has 5 nitrogen and oxygen atoms in total. The van der Waals surface area contributed by atoms with E-state index in [0.717, 1.165) is 22.4 Å². The average Bonchev–Trinajstić information content (AvgIpc) is 3.02. The van der Waals surface area contributed by atoms with Gasteiger partial charge in [0.05, 0.1) is 27.9 Å². The summed E-state index contributed by atoms with van der Waals surface area (Å²) in [6, 6.07) is 4.06. The van der Waals surface area contributed by atoms with Crippen molar-refractivity contribution in [2.75, 3.05) is 0 Å². The van der Waals surface area contributed by atoms with E-state index >= 15 is 0 Å². The smallest absolute Gasteiger partial charge is 0.137 e. The maximum atomic E-state index is 5.97. The second kappa shape index (κ2) is 6.17. The van der Waals surface area contributed by atoms with Crippen molar-refractivity contribution in [3.63, 3.8) is 0 Å². The molecular weight excluding hydrogens is 354 g/mol. The highest BCUT2D eigenvalue weighted by molar-refractivity contribution is 9.10. The largest absolute Gasteiger partial charge is 0.307 e. The predicted octanol–water partition coefficient (Wildman–Crippen LogP) is 3.13. The van der Waals surface area contributed by atoms with Crippen molar-refractivity contribution in [2.24, 2.45) is 0 Å². The van der Waals surface area contributed by atoms with Gasteiger partial charge in [0.1, 0.15) is 5.65 Å². The SMILES string of the molecule is CC(Cn1cc(Br)cn1)NCc1cn2cc(Cl)ccc2n1. The molecule has 0 bridgehead atoms. The molecule has 0 amide bonds. The minimum Gasteiger partial charge on any atom is -0.307 e. The van der Waals surface area contributed by atoms with E-state index in [4.69, 9.17) is 11.6 Å². The summed E-state index contributed by atoms with van der Waals surface area (Å²) in [6.45, 7) is 3.65. The summed E-state index contributed by atoms with van der Waals surface area (Å²) in [5, 5.41) is 8.40. The quantitative estimate of drug-likeness (QED) is 0.752. The van der Waals surface area contributed by atoms with Crippen LogP contribution in [0.3, 0.4) is 0 Å². The lowest BCUT2D eigenvalue weighted by atomic mass is 10.3. The molecule has 0 aliphatic carbocycles. The molecule has 3 aromatic heterocycles. The van der Waals surface area contributed by atoms with Crippen molar-refractivity contribution in [3.8, 4) is 0 Å². The van der Waals surface area contributed by atoms with Gasteiger partial charge in [-0.1, -0.05) is 11.6 Å². The molecule has 7 heteroatoms. The number of hydrogen-bond donors (Lipinski definition) is 1. The van der Waals surface area contributed by atoms with Crippen LogP contribution in [0.1, 0.15) is 12.6 Å². The highest BCUT2D eigenvalue weighted by Crippen LogP contribution is 2.12. The molecule has 3 heterocycles. The van der Waals surface area contributed by atoms with Crippen LogP contribution in [0, 0.1) is 0 Å². The summed E-state index contributed by atoms with van der Waals surface area (Å²) in [5.41, 5.74) is 1.89. The predicted molar refractivity (Wildman–Crippen MR) is 86.4 cm³/mol. The molecule has 0 aliphatic heterocycles. The lowest BCUT2D eigenvalue weighted by Gasteiger charge is -2.12. The van der Waals surface area contributed by atoms with Crippen molar-refractivity contribution < 1.29 is 0 Å². The maximum Gasteiger partial charge on any atom is 0.137 e. The second-order valence-corrected chi connectivity index (χ2v) is 6.36.